The number of carbonyl (C=O) groups is 2. The Morgan fingerprint density at radius 1 is 1.15 bits per heavy atom. The van der Waals surface area contributed by atoms with Crippen molar-refractivity contribution in [2.45, 2.75) is 102 Å². The van der Waals surface area contributed by atoms with Gasteiger partial charge >= 0.3 is 5.97 Å². The maximum atomic E-state index is 12.2. The number of carbonyl (C=O) groups excluding carboxylic acids is 1. The average Bonchev–Trinajstić information content (AvgIpc) is 2.97. The lowest BCUT2D eigenvalue weighted by Crippen LogP contribution is -2.36. The number of aliphatic hydroxyl groups is 1. The number of hydrogen-bond donors (Lipinski definition) is 2. The maximum Gasteiger partial charge on any atom is 0.303 e. The van der Waals surface area contributed by atoms with E-state index in [0.29, 0.717) is 18.1 Å². The molecule has 0 amide bonds. The number of hydrogen-bond acceptors (Lipinski definition) is 3. The molecule has 2 aliphatic carbocycles. The van der Waals surface area contributed by atoms with Crippen molar-refractivity contribution < 1.29 is 19.8 Å². The average molecular weight is 365 g/mol. The summed E-state index contributed by atoms with van der Waals surface area (Å²) in [5.41, 5.74) is 0.616. The normalized spacial score (nSPS) is 23.7. The number of rotatable bonds is 11. The molecule has 1 unspecified atom stereocenters. The van der Waals surface area contributed by atoms with E-state index in [4.69, 9.17) is 5.11 Å². The van der Waals surface area contributed by atoms with E-state index < -0.39 is 11.6 Å². The predicted octanol–water partition coefficient (Wildman–Crippen LogP) is 5.04. The highest BCUT2D eigenvalue weighted by molar-refractivity contribution is 5.88. The molecule has 0 bridgehead atoms. The highest BCUT2D eigenvalue weighted by Gasteiger charge is 2.34. The van der Waals surface area contributed by atoms with Crippen LogP contribution in [0.4, 0.5) is 0 Å². The zero-order chi connectivity index (χ0) is 19.0. The molecule has 2 aliphatic rings. The van der Waals surface area contributed by atoms with Crippen molar-refractivity contribution in [2.75, 3.05) is 0 Å². The van der Waals surface area contributed by atoms with Crippen LogP contribution in [0.2, 0.25) is 0 Å². The van der Waals surface area contributed by atoms with Crippen LogP contribution in [0, 0.1) is 11.8 Å². The standard InChI is InChI=1S/C22H36O4/c1-22(26,18-9-5-4-6-10-18)16-15-17-13-14-20(23)19(17)11-7-2-3-8-12-21(24)25/h13,18-19,26H,2-12,14-16H2,1H3,(H,24,25)/t19-,22?/m1/s1. The van der Waals surface area contributed by atoms with Crippen LogP contribution in [0.5, 0.6) is 0 Å². The van der Waals surface area contributed by atoms with Crippen molar-refractivity contribution in [3.8, 4) is 0 Å². The van der Waals surface area contributed by atoms with Gasteiger partial charge in [0.1, 0.15) is 5.78 Å². The summed E-state index contributed by atoms with van der Waals surface area (Å²) in [6, 6.07) is 0. The summed E-state index contributed by atoms with van der Waals surface area (Å²) in [6.45, 7) is 1.98. The van der Waals surface area contributed by atoms with Gasteiger partial charge in [-0.1, -0.05) is 50.2 Å². The van der Waals surface area contributed by atoms with Crippen molar-refractivity contribution in [1.29, 1.82) is 0 Å². The Balaban J connectivity index is 1.73. The van der Waals surface area contributed by atoms with E-state index in [1.165, 1.54) is 24.8 Å². The fraction of sp³-hybridized carbons (Fsp3) is 0.818. The smallest absolute Gasteiger partial charge is 0.303 e. The van der Waals surface area contributed by atoms with Crippen LogP contribution < -0.4 is 0 Å². The first kappa shape index (κ1) is 21.1. The number of carboxylic acid groups (broad SMARTS) is 1. The first-order valence-electron chi connectivity index (χ1n) is 10.6. The first-order chi connectivity index (χ1) is 12.4. The fourth-order valence-electron chi connectivity index (χ4n) is 4.65. The molecule has 2 N–H and O–H groups in total. The topological polar surface area (TPSA) is 74.6 Å². The molecule has 1 fully saturated rings. The van der Waals surface area contributed by atoms with Gasteiger partial charge in [0, 0.05) is 18.8 Å². The Hall–Kier alpha value is -1.16. The van der Waals surface area contributed by atoms with Crippen LogP contribution in [0.1, 0.15) is 96.8 Å². The van der Waals surface area contributed by atoms with Crippen LogP contribution in [0.3, 0.4) is 0 Å². The fourth-order valence-corrected chi connectivity index (χ4v) is 4.65. The highest BCUT2D eigenvalue weighted by atomic mass is 16.4. The van der Waals surface area contributed by atoms with Crippen LogP contribution in [-0.4, -0.2) is 27.6 Å². The SMILES string of the molecule is CC(O)(CCC1=CCC(=O)[C@@H]1CCCCCCC(=O)O)C1CCCCC1. The third kappa shape index (κ3) is 6.53. The maximum absolute atomic E-state index is 12.2. The lowest BCUT2D eigenvalue weighted by molar-refractivity contribution is -0.137. The molecule has 4 heteroatoms. The molecule has 4 nitrogen and oxygen atoms in total. The molecule has 0 heterocycles. The van der Waals surface area contributed by atoms with E-state index in [1.807, 2.05) is 6.92 Å². The van der Waals surface area contributed by atoms with Crippen LogP contribution in [0.15, 0.2) is 11.6 Å². The van der Waals surface area contributed by atoms with Gasteiger partial charge in [-0.15, -0.1) is 0 Å². The Kier molecular flexibility index (Phi) is 8.33. The van der Waals surface area contributed by atoms with Gasteiger partial charge in [0.15, 0.2) is 0 Å². The Morgan fingerprint density at radius 3 is 2.54 bits per heavy atom. The molecule has 0 aromatic heterocycles. The minimum absolute atomic E-state index is 0.0385. The zero-order valence-corrected chi connectivity index (χ0v) is 16.3. The van der Waals surface area contributed by atoms with E-state index in [9.17, 15) is 14.7 Å². The number of Topliss-reactive ketones (excluding diaryl/α,β-unsaturated/α-hetero) is 1. The minimum atomic E-state index is -0.730. The quantitative estimate of drug-likeness (QED) is 0.398. The van der Waals surface area contributed by atoms with E-state index >= 15 is 0 Å². The molecular weight excluding hydrogens is 328 g/mol. The molecule has 0 aromatic carbocycles. The second-order valence-electron chi connectivity index (χ2n) is 8.54. The Labute approximate surface area is 158 Å². The Bertz CT molecular complexity index is 500. The van der Waals surface area contributed by atoms with Crippen molar-refractivity contribution in [2.24, 2.45) is 11.8 Å². The number of allylic oxidation sites excluding steroid dienone is 2. The molecule has 2 rings (SSSR count). The minimum Gasteiger partial charge on any atom is -0.481 e. The van der Waals surface area contributed by atoms with Gasteiger partial charge in [0.05, 0.1) is 5.60 Å². The van der Waals surface area contributed by atoms with Gasteiger partial charge < -0.3 is 10.2 Å². The predicted molar refractivity (Wildman–Crippen MR) is 103 cm³/mol. The number of unbranched alkanes of at least 4 members (excludes halogenated alkanes) is 3. The van der Waals surface area contributed by atoms with Crippen molar-refractivity contribution in [1.82, 2.24) is 0 Å². The van der Waals surface area contributed by atoms with Crippen molar-refractivity contribution in [3.05, 3.63) is 11.6 Å². The lowest BCUT2D eigenvalue weighted by Gasteiger charge is -2.36. The number of carboxylic acids is 1. The monoisotopic (exact) mass is 364 g/mol. The first-order valence-corrected chi connectivity index (χ1v) is 10.6. The molecule has 2 atom stereocenters. The van der Waals surface area contributed by atoms with Gasteiger partial charge in [0.25, 0.3) is 0 Å². The van der Waals surface area contributed by atoms with Gasteiger partial charge in [-0.2, -0.15) is 0 Å². The lowest BCUT2D eigenvalue weighted by atomic mass is 9.75. The highest BCUT2D eigenvalue weighted by Crippen LogP contribution is 2.38. The van der Waals surface area contributed by atoms with E-state index in [1.54, 1.807) is 0 Å². The Morgan fingerprint density at radius 2 is 1.85 bits per heavy atom. The van der Waals surface area contributed by atoms with E-state index in [-0.39, 0.29) is 12.3 Å². The zero-order valence-electron chi connectivity index (χ0n) is 16.3. The second kappa shape index (κ2) is 10.2. The molecular formula is C22H36O4. The molecule has 0 radical (unpaired) electrons. The third-order valence-electron chi connectivity index (χ3n) is 6.44. The van der Waals surface area contributed by atoms with Crippen LogP contribution >= 0.6 is 0 Å². The van der Waals surface area contributed by atoms with Crippen molar-refractivity contribution >= 4 is 11.8 Å². The molecule has 148 valence electrons. The second-order valence-corrected chi connectivity index (χ2v) is 8.54. The van der Waals surface area contributed by atoms with Crippen molar-refractivity contribution in [3.63, 3.8) is 0 Å². The number of aliphatic carboxylic acids is 1. The summed E-state index contributed by atoms with van der Waals surface area (Å²) in [5, 5.41) is 19.6. The molecule has 0 aliphatic heterocycles. The molecule has 1 saturated carbocycles. The van der Waals surface area contributed by atoms with Crippen LogP contribution in [-0.2, 0) is 9.59 Å². The van der Waals surface area contributed by atoms with E-state index in [0.717, 1.165) is 57.8 Å². The molecule has 0 saturated heterocycles. The molecule has 0 spiro atoms. The third-order valence-corrected chi connectivity index (χ3v) is 6.44. The summed E-state index contributed by atoms with van der Waals surface area (Å²) in [5.74, 6) is 0.0346. The van der Waals surface area contributed by atoms with Gasteiger partial charge in [-0.3, -0.25) is 9.59 Å². The summed E-state index contributed by atoms with van der Waals surface area (Å²) in [7, 11) is 0. The van der Waals surface area contributed by atoms with Gasteiger partial charge in [-0.25, -0.2) is 0 Å². The van der Waals surface area contributed by atoms with Gasteiger partial charge in [-0.05, 0) is 51.4 Å². The molecule has 26 heavy (non-hydrogen) atoms. The largest absolute Gasteiger partial charge is 0.481 e. The van der Waals surface area contributed by atoms with Gasteiger partial charge in [0.2, 0.25) is 0 Å². The van der Waals surface area contributed by atoms with E-state index in [2.05, 4.69) is 6.08 Å². The summed E-state index contributed by atoms with van der Waals surface area (Å²) in [4.78, 5) is 22.7. The van der Waals surface area contributed by atoms with Crippen LogP contribution in [0.25, 0.3) is 0 Å². The summed E-state index contributed by atoms with van der Waals surface area (Å²) in [6.07, 6.45) is 15.0. The molecule has 0 aromatic rings. The number of ketones is 1. The summed E-state index contributed by atoms with van der Waals surface area (Å²) >= 11 is 0. The summed E-state index contributed by atoms with van der Waals surface area (Å²) < 4.78 is 0.